The van der Waals surface area contributed by atoms with Crippen LogP contribution in [0.4, 0.5) is 19.0 Å². The monoisotopic (exact) mass is 378 g/mol. The maximum absolute atomic E-state index is 12.6. The van der Waals surface area contributed by atoms with Gasteiger partial charge in [0.05, 0.1) is 10.6 Å². The first kappa shape index (κ1) is 19.8. The molecule has 0 spiro atoms. The van der Waals surface area contributed by atoms with Crippen molar-refractivity contribution in [1.29, 1.82) is 0 Å². The number of anilines is 1. The number of piperidine rings is 1. The van der Waals surface area contributed by atoms with Crippen molar-refractivity contribution in [1.82, 2.24) is 9.88 Å². The Bertz CT molecular complexity index is 636. The molecule has 140 valence electrons. The Balaban J connectivity index is 1.87. The van der Waals surface area contributed by atoms with Gasteiger partial charge in [0.1, 0.15) is 5.82 Å². The van der Waals surface area contributed by atoms with E-state index in [9.17, 15) is 18.0 Å². The fraction of sp³-hybridized carbons (Fsp3) is 0.625. The number of nitrogens with zero attached hydrogens (tertiary/aromatic N) is 2. The third kappa shape index (κ3) is 4.98. The number of likely N-dealkylation sites (tertiary alicyclic amines) is 1. The van der Waals surface area contributed by atoms with E-state index in [0.717, 1.165) is 12.5 Å². The molecule has 25 heavy (non-hydrogen) atoms. The van der Waals surface area contributed by atoms with Crippen LogP contribution in [-0.2, 0) is 11.0 Å². The largest absolute Gasteiger partial charge is 0.417 e. The molecule has 2 rings (SSSR count). The highest BCUT2D eigenvalue weighted by molar-refractivity contribution is 6.32. The van der Waals surface area contributed by atoms with Crippen LogP contribution in [0.2, 0.25) is 5.02 Å². The summed E-state index contributed by atoms with van der Waals surface area (Å²) >= 11 is 5.82. The second-order valence-corrected chi connectivity index (χ2v) is 7.34. The van der Waals surface area contributed by atoms with Crippen molar-refractivity contribution < 1.29 is 18.0 Å². The molecule has 0 aliphatic carbocycles. The normalized spacial score (nSPS) is 20.4. The van der Waals surface area contributed by atoms with Crippen molar-refractivity contribution in [2.45, 2.75) is 38.9 Å². The van der Waals surface area contributed by atoms with E-state index in [1.54, 1.807) is 4.90 Å². The minimum absolute atomic E-state index is 0.0319. The smallest absolute Gasteiger partial charge is 0.368 e. The number of alkyl halides is 3. The highest BCUT2D eigenvalue weighted by Gasteiger charge is 2.35. The van der Waals surface area contributed by atoms with E-state index < -0.39 is 11.7 Å². The number of hydrogen-bond donors (Lipinski definition) is 2. The van der Waals surface area contributed by atoms with Crippen molar-refractivity contribution in [2.75, 3.05) is 25.0 Å². The summed E-state index contributed by atoms with van der Waals surface area (Å²) in [4.78, 5) is 17.7. The van der Waals surface area contributed by atoms with Gasteiger partial charge >= 0.3 is 6.18 Å². The molecular formula is C16H22ClF3N4O. The molecule has 0 radical (unpaired) electrons. The van der Waals surface area contributed by atoms with E-state index in [4.69, 9.17) is 17.3 Å². The number of carbonyl (C=O) groups is 1. The highest BCUT2D eigenvalue weighted by Crippen LogP contribution is 2.32. The van der Waals surface area contributed by atoms with Gasteiger partial charge in [0.15, 0.2) is 0 Å². The van der Waals surface area contributed by atoms with E-state index in [1.165, 1.54) is 0 Å². The van der Waals surface area contributed by atoms with E-state index in [0.29, 0.717) is 19.3 Å². The highest BCUT2D eigenvalue weighted by atomic mass is 35.5. The fourth-order valence-corrected chi connectivity index (χ4v) is 2.99. The molecular weight excluding hydrogens is 357 g/mol. The average Bonchev–Trinajstić information content (AvgIpc) is 2.50. The third-order valence-corrected chi connectivity index (χ3v) is 4.75. The Labute approximate surface area is 149 Å². The van der Waals surface area contributed by atoms with Gasteiger partial charge in [-0.15, -0.1) is 0 Å². The van der Waals surface area contributed by atoms with E-state index >= 15 is 0 Å². The van der Waals surface area contributed by atoms with E-state index in [1.807, 2.05) is 13.8 Å². The first-order valence-corrected chi connectivity index (χ1v) is 8.38. The van der Waals surface area contributed by atoms with Crippen LogP contribution in [0.15, 0.2) is 12.3 Å². The Morgan fingerprint density at radius 2 is 2.20 bits per heavy atom. The molecule has 1 unspecified atom stereocenters. The lowest BCUT2D eigenvalue weighted by molar-refractivity contribution is -0.137. The van der Waals surface area contributed by atoms with Crippen LogP contribution < -0.4 is 11.1 Å². The Morgan fingerprint density at radius 3 is 2.76 bits per heavy atom. The Kier molecular flexibility index (Phi) is 5.83. The van der Waals surface area contributed by atoms with Crippen LogP contribution in [0.5, 0.6) is 0 Å². The molecule has 1 amide bonds. The number of rotatable bonds is 4. The molecule has 5 nitrogen and oxygen atoms in total. The zero-order valence-electron chi connectivity index (χ0n) is 14.2. The summed E-state index contributed by atoms with van der Waals surface area (Å²) in [7, 11) is 0. The lowest BCUT2D eigenvalue weighted by atomic mass is 9.79. The lowest BCUT2D eigenvalue weighted by Crippen LogP contribution is -2.54. The number of aromatic nitrogens is 1. The number of carbonyl (C=O) groups excluding carboxylic acids is 1. The summed E-state index contributed by atoms with van der Waals surface area (Å²) in [5.41, 5.74) is 5.01. The van der Waals surface area contributed by atoms with Crippen LogP contribution in [0.1, 0.15) is 32.3 Å². The molecule has 9 heteroatoms. The molecule has 0 saturated carbocycles. The molecule has 1 atom stereocenters. The molecule has 1 aromatic rings. The summed E-state index contributed by atoms with van der Waals surface area (Å²) in [5.74, 6) is 0.0963. The minimum Gasteiger partial charge on any atom is -0.368 e. The molecule has 3 N–H and O–H groups in total. The van der Waals surface area contributed by atoms with Crippen LogP contribution in [0.25, 0.3) is 0 Å². The van der Waals surface area contributed by atoms with Gasteiger partial charge in [-0.3, -0.25) is 4.79 Å². The van der Waals surface area contributed by atoms with Gasteiger partial charge in [0, 0.05) is 38.3 Å². The summed E-state index contributed by atoms with van der Waals surface area (Å²) in [6.07, 6.45) is -2.83. The number of nitrogens with one attached hydrogen (secondary N) is 1. The molecule has 1 fully saturated rings. The lowest BCUT2D eigenvalue weighted by Gasteiger charge is -2.42. The van der Waals surface area contributed by atoms with Gasteiger partial charge < -0.3 is 16.0 Å². The average molecular weight is 379 g/mol. The Hall–Kier alpha value is -1.54. The number of nitrogens with two attached hydrogens (primary N) is 1. The van der Waals surface area contributed by atoms with Crippen LogP contribution in [-0.4, -0.2) is 41.5 Å². The second kappa shape index (κ2) is 7.37. The first-order chi connectivity index (χ1) is 11.5. The van der Waals surface area contributed by atoms with E-state index in [2.05, 4.69) is 10.3 Å². The maximum Gasteiger partial charge on any atom is 0.417 e. The standard InChI is InChI=1S/C16H22ClF3N4O/c1-15(2)9-24(6-4-12(15)21)13(25)3-5-22-14-11(17)7-10(8-23-14)16(18,19)20/h7-8,12H,3-6,9,21H2,1-2H3,(H,22,23). The van der Waals surface area contributed by atoms with Crippen molar-refractivity contribution in [2.24, 2.45) is 11.1 Å². The van der Waals surface area contributed by atoms with Gasteiger partial charge in [0.2, 0.25) is 5.91 Å². The molecule has 0 bridgehead atoms. The molecule has 1 aliphatic rings. The van der Waals surface area contributed by atoms with Gasteiger partial charge in [-0.1, -0.05) is 25.4 Å². The SMILES string of the molecule is CC1(C)CN(C(=O)CCNc2ncc(C(F)(F)F)cc2Cl)CCC1N. The summed E-state index contributed by atoms with van der Waals surface area (Å²) < 4.78 is 37.7. The van der Waals surface area contributed by atoms with Crippen molar-refractivity contribution in [3.63, 3.8) is 0 Å². The summed E-state index contributed by atoms with van der Waals surface area (Å²) in [6.45, 7) is 5.50. The van der Waals surface area contributed by atoms with Gasteiger partial charge in [-0.2, -0.15) is 13.2 Å². The van der Waals surface area contributed by atoms with Gasteiger partial charge in [-0.05, 0) is 17.9 Å². The van der Waals surface area contributed by atoms with Gasteiger partial charge in [0.25, 0.3) is 0 Å². The van der Waals surface area contributed by atoms with E-state index in [-0.39, 0.29) is 41.2 Å². The van der Waals surface area contributed by atoms with Crippen molar-refractivity contribution >= 4 is 23.3 Å². The molecule has 0 aromatic carbocycles. The third-order valence-electron chi connectivity index (χ3n) is 4.46. The summed E-state index contributed by atoms with van der Waals surface area (Å²) in [6, 6.07) is 0.873. The Morgan fingerprint density at radius 1 is 1.52 bits per heavy atom. The van der Waals surface area contributed by atoms with Crippen molar-refractivity contribution in [3.05, 3.63) is 22.8 Å². The number of amides is 1. The zero-order valence-corrected chi connectivity index (χ0v) is 14.9. The van der Waals surface area contributed by atoms with Crippen LogP contribution in [0, 0.1) is 5.41 Å². The fourth-order valence-electron chi connectivity index (χ4n) is 2.76. The summed E-state index contributed by atoms with van der Waals surface area (Å²) in [5, 5.41) is 2.68. The number of halogens is 4. The van der Waals surface area contributed by atoms with Crippen LogP contribution in [0.3, 0.4) is 0 Å². The molecule has 1 aromatic heterocycles. The minimum atomic E-state index is -4.49. The first-order valence-electron chi connectivity index (χ1n) is 8.00. The number of pyridine rings is 1. The molecule has 1 aliphatic heterocycles. The number of hydrogen-bond acceptors (Lipinski definition) is 4. The van der Waals surface area contributed by atoms with Crippen LogP contribution >= 0.6 is 11.6 Å². The van der Waals surface area contributed by atoms with Gasteiger partial charge in [-0.25, -0.2) is 4.98 Å². The topological polar surface area (TPSA) is 71.2 Å². The molecule has 1 saturated heterocycles. The second-order valence-electron chi connectivity index (χ2n) is 6.93. The predicted molar refractivity (Wildman–Crippen MR) is 90.3 cm³/mol. The quantitative estimate of drug-likeness (QED) is 0.844. The maximum atomic E-state index is 12.6. The molecule has 2 heterocycles. The zero-order chi connectivity index (χ0) is 18.8. The predicted octanol–water partition coefficient (Wildman–Crippen LogP) is 3.14. The van der Waals surface area contributed by atoms with Crippen molar-refractivity contribution in [3.8, 4) is 0 Å².